The summed E-state index contributed by atoms with van der Waals surface area (Å²) in [5.74, 6) is 2.79. The number of allylic oxidation sites excluding steroid dienone is 1. The van der Waals surface area contributed by atoms with E-state index in [0.717, 1.165) is 44.0 Å². The molecule has 2 saturated carbocycles. The van der Waals surface area contributed by atoms with E-state index < -0.39 is 0 Å². The van der Waals surface area contributed by atoms with Gasteiger partial charge in [0.1, 0.15) is 0 Å². The van der Waals surface area contributed by atoms with Gasteiger partial charge in [0.25, 0.3) is 0 Å². The second-order valence-electron chi connectivity index (χ2n) is 7.29. The van der Waals surface area contributed by atoms with Gasteiger partial charge >= 0.3 is 0 Å². The predicted molar refractivity (Wildman–Crippen MR) is 93.1 cm³/mol. The van der Waals surface area contributed by atoms with Crippen molar-refractivity contribution in [1.29, 1.82) is 0 Å². The first-order valence-corrected chi connectivity index (χ1v) is 9.64. The molecule has 2 rings (SSSR count). The van der Waals surface area contributed by atoms with Crippen molar-refractivity contribution in [2.24, 2.45) is 17.8 Å². The Morgan fingerprint density at radius 3 is 2.14 bits per heavy atom. The van der Waals surface area contributed by atoms with Gasteiger partial charge in [0.15, 0.2) is 0 Å². The van der Waals surface area contributed by atoms with Gasteiger partial charge in [-0.3, -0.25) is 0 Å². The van der Waals surface area contributed by atoms with Crippen LogP contribution in [0.1, 0.15) is 71.6 Å². The zero-order chi connectivity index (χ0) is 15.6. The summed E-state index contributed by atoms with van der Waals surface area (Å²) in [6.45, 7) is 7.00. The van der Waals surface area contributed by atoms with Crippen molar-refractivity contribution < 1.29 is 9.47 Å². The Morgan fingerprint density at radius 2 is 1.55 bits per heavy atom. The van der Waals surface area contributed by atoms with Crippen LogP contribution in [0.3, 0.4) is 0 Å². The van der Waals surface area contributed by atoms with Crippen molar-refractivity contribution >= 4 is 0 Å². The van der Waals surface area contributed by atoms with Gasteiger partial charge in [0, 0.05) is 13.2 Å². The highest BCUT2D eigenvalue weighted by molar-refractivity contribution is 4.83. The highest BCUT2D eigenvalue weighted by Gasteiger charge is 2.31. The summed E-state index contributed by atoms with van der Waals surface area (Å²) in [7, 11) is 0. The average molecular weight is 309 g/mol. The van der Waals surface area contributed by atoms with Crippen molar-refractivity contribution in [3.8, 4) is 0 Å². The molecule has 0 heterocycles. The zero-order valence-electron chi connectivity index (χ0n) is 14.8. The molecular weight excluding hydrogens is 272 g/mol. The van der Waals surface area contributed by atoms with Crippen molar-refractivity contribution in [3.05, 3.63) is 12.2 Å². The number of hydrogen-bond acceptors (Lipinski definition) is 2. The Labute approximate surface area is 137 Å². The lowest BCUT2D eigenvalue weighted by Gasteiger charge is -2.37. The van der Waals surface area contributed by atoms with E-state index >= 15 is 0 Å². The first-order valence-electron chi connectivity index (χ1n) is 9.64. The van der Waals surface area contributed by atoms with Crippen molar-refractivity contribution in [2.45, 2.75) is 77.7 Å². The van der Waals surface area contributed by atoms with E-state index in [9.17, 15) is 0 Å². The summed E-state index contributed by atoms with van der Waals surface area (Å²) in [6.07, 6.45) is 16.9. The SMILES string of the molecule is CC=CCOC1CCC(C2CCC(COCCC)CC2)CC1. The summed E-state index contributed by atoms with van der Waals surface area (Å²) in [4.78, 5) is 0. The molecule has 2 nitrogen and oxygen atoms in total. The molecule has 2 heteroatoms. The highest BCUT2D eigenvalue weighted by Crippen LogP contribution is 2.40. The smallest absolute Gasteiger partial charge is 0.0651 e. The van der Waals surface area contributed by atoms with Crippen LogP contribution in [0.2, 0.25) is 0 Å². The molecule has 2 aliphatic carbocycles. The lowest BCUT2D eigenvalue weighted by molar-refractivity contribution is 0.0170. The monoisotopic (exact) mass is 308 g/mol. The van der Waals surface area contributed by atoms with Gasteiger partial charge in [-0.1, -0.05) is 19.1 Å². The molecule has 0 amide bonds. The maximum atomic E-state index is 5.93. The molecule has 0 radical (unpaired) electrons. The fourth-order valence-corrected chi connectivity index (χ4v) is 4.24. The minimum atomic E-state index is 0.520. The summed E-state index contributed by atoms with van der Waals surface area (Å²) >= 11 is 0. The fourth-order valence-electron chi connectivity index (χ4n) is 4.24. The highest BCUT2D eigenvalue weighted by atomic mass is 16.5. The standard InChI is InChI=1S/C20H36O2/c1-3-5-15-22-20-12-10-19(11-13-20)18-8-6-17(7-9-18)16-21-14-4-2/h3,5,17-20H,4,6-16H2,1-2H3. The molecule has 22 heavy (non-hydrogen) atoms. The van der Waals surface area contributed by atoms with Gasteiger partial charge in [0.2, 0.25) is 0 Å². The third-order valence-electron chi connectivity index (χ3n) is 5.64. The maximum Gasteiger partial charge on any atom is 0.0651 e. The molecule has 0 aliphatic heterocycles. The van der Waals surface area contributed by atoms with E-state index in [0.29, 0.717) is 6.10 Å². The molecule has 0 atom stereocenters. The van der Waals surface area contributed by atoms with Crippen LogP contribution in [-0.2, 0) is 9.47 Å². The summed E-state index contributed by atoms with van der Waals surface area (Å²) in [5.41, 5.74) is 0. The number of hydrogen-bond donors (Lipinski definition) is 0. The minimum absolute atomic E-state index is 0.520. The van der Waals surface area contributed by atoms with E-state index in [1.807, 2.05) is 0 Å². The minimum Gasteiger partial charge on any atom is -0.381 e. The third-order valence-corrected chi connectivity index (χ3v) is 5.64. The molecule has 0 aromatic heterocycles. The lowest BCUT2D eigenvalue weighted by Crippen LogP contribution is -2.29. The van der Waals surface area contributed by atoms with Gasteiger partial charge in [-0.05, 0) is 82.5 Å². The predicted octanol–water partition coefficient (Wildman–Crippen LogP) is 5.37. The number of ether oxygens (including phenoxy) is 2. The second-order valence-corrected chi connectivity index (χ2v) is 7.29. The third kappa shape index (κ3) is 6.04. The van der Waals surface area contributed by atoms with Crippen LogP contribution in [0.5, 0.6) is 0 Å². The van der Waals surface area contributed by atoms with E-state index in [1.54, 1.807) is 0 Å². The van der Waals surface area contributed by atoms with E-state index in [2.05, 4.69) is 26.0 Å². The normalized spacial score (nSPS) is 33.4. The van der Waals surface area contributed by atoms with Crippen LogP contribution in [-0.4, -0.2) is 25.9 Å². The zero-order valence-corrected chi connectivity index (χ0v) is 14.8. The summed E-state index contributed by atoms with van der Waals surface area (Å²) in [6, 6.07) is 0. The van der Waals surface area contributed by atoms with Gasteiger partial charge in [-0.2, -0.15) is 0 Å². The quantitative estimate of drug-likeness (QED) is 0.443. The average Bonchev–Trinajstić information content (AvgIpc) is 2.57. The van der Waals surface area contributed by atoms with Gasteiger partial charge in [-0.25, -0.2) is 0 Å². The largest absolute Gasteiger partial charge is 0.381 e. The van der Waals surface area contributed by atoms with Gasteiger partial charge in [-0.15, -0.1) is 0 Å². The topological polar surface area (TPSA) is 18.5 Å². The Kier molecular flexibility index (Phi) is 8.54. The van der Waals surface area contributed by atoms with E-state index in [4.69, 9.17) is 9.47 Å². The Hall–Kier alpha value is -0.340. The van der Waals surface area contributed by atoms with Crippen LogP contribution in [0.15, 0.2) is 12.2 Å². The Morgan fingerprint density at radius 1 is 0.909 bits per heavy atom. The molecule has 0 aromatic carbocycles. The fraction of sp³-hybridized carbons (Fsp3) is 0.900. The van der Waals surface area contributed by atoms with Gasteiger partial charge < -0.3 is 9.47 Å². The lowest BCUT2D eigenvalue weighted by atomic mass is 9.71. The first-order chi connectivity index (χ1) is 10.8. The summed E-state index contributed by atoms with van der Waals surface area (Å²) < 4.78 is 11.7. The molecule has 0 aromatic rings. The van der Waals surface area contributed by atoms with Crippen molar-refractivity contribution in [1.82, 2.24) is 0 Å². The Bertz CT molecular complexity index is 297. The molecule has 2 aliphatic rings. The molecular formula is C20H36O2. The first kappa shape index (κ1) is 18.0. The van der Waals surface area contributed by atoms with E-state index in [1.165, 1.54) is 51.4 Å². The van der Waals surface area contributed by atoms with E-state index in [-0.39, 0.29) is 0 Å². The summed E-state index contributed by atoms with van der Waals surface area (Å²) in [5, 5.41) is 0. The second kappa shape index (κ2) is 10.4. The maximum absolute atomic E-state index is 5.93. The molecule has 0 spiro atoms. The van der Waals surface area contributed by atoms with Crippen LogP contribution < -0.4 is 0 Å². The molecule has 128 valence electrons. The molecule has 0 saturated heterocycles. The molecule has 0 N–H and O–H groups in total. The van der Waals surface area contributed by atoms with Crippen LogP contribution in [0.25, 0.3) is 0 Å². The molecule has 2 fully saturated rings. The van der Waals surface area contributed by atoms with Crippen molar-refractivity contribution in [2.75, 3.05) is 19.8 Å². The molecule has 0 unspecified atom stereocenters. The molecule has 0 bridgehead atoms. The van der Waals surface area contributed by atoms with Crippen LogP contribution in [0.4, 0.5) is 0 Å². The number of rotatable bonds is 8. The van der Waals surface area contributed by atoms with Crippen LogP contribution >= 0.6 is 0 Å². The van der Waals surface area contributed by atoms with Crippen molar-refractivity contribution in [3.63, 3.8) is 0 Å². The van der Waals surface area contributed by atoms with Crippen LogP contribution in [0, 0.1) is 17.8 Å². The Balaban J connectivity index is 1.60. The van der Waals surface area contributed by atoms with Gasteiger partial charge in [0.05, 0.1) is 12.7 Å².